The number of fused-ring (bicyclic) bond motifs is 1. The van der Waals surface area contributed by atoms with Gasteiger partial charge in [-0.2, -0.15) is 0 Å². The Kier molecular flexibility index (Phi) is 7.69. The lowest BCUT2D eigenvalue weighted by Crippen LogP contribution is -2.48. The Morgan fingerprint density at radius 1 is 1.09 bits per heavy atom. The molecular weight excluding hydrogens is 466 g/mol. The molecule has 0 saturated carbocycles. The molecule has 4 N–H and O–H groups in total. The van der Waals surface area contributed by atoms with Gasteiger partial charge in [-0.05, 0) is 41.3 Å². The molecule has 35 heavy (non-hydrogen) atoms. The van der Waals surface area contributed by atoms with Crippen LogP contribution in [0.4, 0.5) is 0 Å². The first kappa shape index (κ1) is 24.3. The number of benzene rings is 2. The molecule has 8 nitrogen and oxygen atoms in total. The van der Waals surface area contributed by atoms with Crippen LogP contribution in [0, 0.1) is 0 Å². The topological polar surface area (TPSA) is 113 Å². The fraction of sp³-hybridized carbons (Fsp3) is 0.231. The molecule has 0 spiro atoms. The summed E-state index contributed by atoms with van der Waals surface area (Å²) in [5.74, 6) is 0.316. The average Bonchev–Trinajstić information content (AvgIpc) is 3.57. The summed E-state index contributed by atoms with van der Waals surface area (Å²) in [5, 5.41) is 19.2. The number of aromatic amines is 1. The number of amides is 2. The Morgan fingerprint density at radius 2 is 1.91 bits per heavy atom. The molecule has 9 heteroatoms. The minimum absolute atomic E-state index is 0.0678. The summed E-state index contributed by atoms with van der Waals surface area (Å²) in [7, 11) is 3.04. The second kappa shape index (κ2) is 11.1. The number of carbonyl (C=O) groups is 2. The maximum absolute atomic E-state index is 13.2. The number of para-hydroxylation sites is 1. The summed E-state index contributed by atoms with van der Waals surface area (Å²) in [6.45, 7) is -0.0678. The maximum Gasteiger partial charge on any atom is 0.262 e. The number of ether oxygens (including phenoxy) is 2. The van der Waals surface area contributed by atoms with Crippen molar-refractivity contribution in [3.05, 3.63) is 82.2 Å². The van der Waals surface area contributed by atoms with Crippen LogP contribution in [0.25, 0.3) is 10.9 Å². The Balaban J connectivity index is 1.51. The predicted octanol–water partition coefficient (Wildman–Crippen LogP) is 3.44. The largest absolute Gasteiger partial charge is 0.497 e. The molecule has 0 aliphatic heterocycles. The van der Waals surface area contributed by atoms with E-state index in [0.29, 0.717) is 21.9 Å². The van der Waals surface area contributed by atoms with Crippen LogP contribution in [-0.4, -0.2) is 48.7 Å². The van der Waals surface area contributed by atoms with E-state index in [1.165, 1.54) is 25.6 Å². The van der Waals surface area contributed by atoms with Gasteiger partial charge in [-0.25, -0.2) is 0 Å². The summed E-state index contributed by atoms with van der Waals surface area (Å²) in [6.07, 6.45) is 1.09. The highest BCUT2D eigenvalue weighted by atomic mass is 32.1. The van der Waals surface area contributed by atoms with Crippen molar-refractivity contribution in [2.45, 2.75) is 18.6 Å². The number of rotatable bonds is 10. The van der Waals surface area contributed by atoms with E-state index in [2.05, 4.69) is 15.6 Å². The third kappa shape index (κ3) is 5.64. The maximum atomic E-state index is 13.2. The minimum Gasteiger partial charge on any atom is -0.497 e. The Morgan fingerprint density at radius 3 is 2.66 bits per heavy atom. The van der Waals surface area contributed by atoms with Gasteiger partial charge in [0, 0.05) is 35.6 Å². The first-order valence-electron chi connectivity index (χ1n) is 11.1. The smallest absolute Gasteiger partial charge is 0.262 e. The van der Waals surface area contributed by atoms with Crippen LogP contribution in [0.15, 0.2) is 66.2 Å². The fourth-order valence-electron chi connectivity index (χ4n) is 3.90. The number of carbonyl (C=O) groups excluding carboxylic acids is 2. The molecule has 182 valence electrons. The van der Waals surface area contributed by atoms with Gasteiger partial charge < -0.3 is 30.2 Å². The molecule has 2 unspecified atom stereocenters. The zero-order valence-corrected chi connectivity index (χ0v) is 20.2. The zero-order valence-electron chi connectivity index (χ0n) is 19.4. The normalized spacial score (nSPS) is 12.7. The monoisotopic (exact) mass is 493 g/mol. The Bertz CT molecular complexity index is 1300. The first-order valence-corrected chi connectivity index (χ1v) is 11.9. The SMILES string of the molecule is COc1ccc(OC)c(C(O)CNC(=O)C(Cc2c[nH]c3ccccc23)NC(=O)c2cccs2)c1. The van der Waals surface area contributed by atoms with Gasteiger partial charge in [-0.15, -0.1) is 11.3 Å². The van der Waals surface area contributed by atoms with E-state index in [1.54, 1.807) is 30.3 Å². The third-order valence-corrected chi connectivity index (χ3v) is 6.60. The predicted molar refractivity (Wildman–Crippen MR) is 135 cm³/mol. The summed E-state index contributed by atoms with van der Waals surface area (Å²) < 4.78 is 10.6. The quantitative estimate of drug-likeness (QED) is 0.270. The molecule has 0 radical (unpaired) electrons. The summed E-state index contributed by atoms with van der Waals surface area (Å²) in [5.41, 5.74) is 2.34. The molecule has 0 fully saturated rings. The van der Waals surface area contributed by atoms with Gasteiger partial charge in [0.2, 0.25) is 5.91 Å². The number of aliphatic hydroxyl groups excluding tert-OH is 1. The highest BCUT2D eigenvalue weighted by Gasteiger charge is 2.25. The molecule has 0 aliphatic carbocycles. The third-order valence-electron chi connectivity index (χ3n) is 5.73. The summed E-state index contributed by atoms with van der Waals surface area (Å²) >= 11 is 1.30. The highest BCUT2D eigenvalue weighted by Crippen LogP contribution is 2.29. The Hall–Kier alpha value is -3.82. The van der Waals surface area contributed by atoms with Crippen molar-refractivity contribution >= 4 is 34.1 Å². The number of thiophene rings is 1. The van der Waals surface area contributed by atoms with Gasteiger partial charge in [0.05, 0.1) is 25.2 Å². The Labute approximate surface area is 206 Å². The number of aliphatic hydroxyl groups is 1. The number of hydrogen-bond donors (Lipinski definition) is 4. The minimum atomic E-state index is -1.04. The van der Waals surface area contributed by atoms with Crippen molar-refractivity contribution in [1.82, 2.24) is 15.6 Å². The first-order chi connectivity index (χ1) is 17.0. The lowest BCUT2D eigenvalue weighted by Gasteiger charge is -2.20. The van der Waals surface area contributed by atoms with Gasteiger partial charge >= 0.3 is 0 Å². The molecule has 2 aromatic carbocycles. The van der Waals surface area contributed by atoms with Crippen LogP contribution in [0.2, 0.25) is 0 Å². The second-order valence-corrected chi connectivity index (χ2v) is 8.88. The molecule has 4 rings (SSSR count). The van der Waals surface area contributed by atoms with E-state index in [9.17, 15) is 14.7 Å². The van der Waals surface area contributed by atoms with E-state index in [4.69, 9.17) is 9.47 Å². The van der Waals surface area contributed by atoms with Crippen LogP contribution >= 0.6 is 11.3 Å². The van der Waals surface area contributed by atoms with Gasteiger partial charge in [-0.1, -0.05) is 24.3 Å². The van der Waals surface area contributed by atoms with E-state index in [1.807, 2.05) is 35.8 Å². The molecule has 0 aliphatic rings. The number of H-pyrrole nitrogens is 1. The lowest BCUT2D eigenvalue weighted by molar-refractivity contribution is -0.123. The van der Waals surface area contributed by atoms with Crippen molar-refractivity contribution in [3.63, 3.8) is 0 Å². The molecule has 0 bridgehead atoms. The van der Waals surface area contributed by atoms with E-state index < -0.39 is 18.1 Å². The highest BCUT2D eigenvalue weighted by molar-refractivity contribution is 7.12. The molecular formula is C26H27N3O5S. The molecule has 2 heterocycles. The summed E-state index contributed by atoms with van der Waals surface area (Å²) in [6, 6.07) is 15.5. The molecule has 2 atom stereocenters. The van der Waals surface area contributed by atoms with Crippen LogP contribution in [-0.2, 0) is 11.2 Å². The van der Waals surface area contributed by atoms with Gasteiger partial charge in [0.1, 0.15) is 17.5 Å². The average molecular weight is 494 g/mol. The van der Waals surface area contributed by atoms with Gasteiger partial charge in [0.15, 0.2) is 0 Å². The molecule has 4 aromatic rings. The standard InChI is InChI=1S/C26H27N3O5S/c1-33-17-9-10-23(34-2)19(13-17)22(30)15-28-25(31)21(29-26(32)24-8-5-11-35-24)12-16-14-27-20-7-4-3-6-18(16)20/h3-11,13-14,21-22,27,30H,12,15H2,1-2H3,(H,28,31)(H,29,32). The second-order valence-electron chi connectivity index (χ2n) is 7.94. The van der Waals surface area contributed by atoms with Crippen LogP contribution < -0.4 is 20.1 Å². The van der Waals surface area contributed by atoms with E-state index in [0.717, 1.165) is 16.5 Å². The van der Waals surface area contributed by atoms with E-state index >= 15 is 0 Å². The van der Waals surface area contributed by atoms with Gasteiger partial charge in [0.25, 0.3) is 5.91 Å². The van der Waals surface area contributed by atoms with Crippen LogP contribution in [0.5, 0.6) is 11.5 Å². The van der Waals surface area contributed by atoms with Crippen LogP contribution in [0.3, 0.4) is 0 Å². The van der Waals surface area contributed by atoms with Crippen molar-refractivity contribution < 1.29 is 24.2 Å². The molecule has 0 saturated heterocycles. The molecule has 2 amide bonds. The lowest BCUT2D eigenvalue weighted by atomic mass is 10.0. The molecule has 2 aromatic heterocycles. The van der Waals surface area contributed by atoms with Crippen molar-refractivity contribution in [1.29, 1.82) is 0 Å². The van der Waals surface area contributed by atoms with Crippen molar-refractivity contribution in [3.8, 4) is 11.5 Å². The van der Waals surface area contributed by atoms with Crippen molar-refractivity contribution in [2.24, 2.45) is 0 Å². The van der Waals surface area contributed by atoms with Gasteiger partial charge in [-0.3, -0.25) is 9.59 Å². The van der Waals surface area contributed by atoms with Crippen LogP contribution in [0.1, 0.15) is 26.9 Å². The zero-order chi connectivity index (χ0) is 24.8. The van der Waals surface area contributed by atoms with Crippen molar-refractivity contribution in [2.75, 3.05) is 20.8 Å². The number of aromatic nitrogens is 1. The number of hydrogen-bond acceptors (Lipinski definition) is 6. The fourth-order valence-corrected chi connectivity index (χ4v) is 4.52. The summed E-state index contributed by atoms with van der Waals surface area (Å²) in [4.78, 5) is 29.7. The number of methoxy groups -OCH3 is 2. The van der Waals surface area contributed by atoms with E-state index in [-0.39, 0.29) is 18.9 Å². The number of nitrogens with one attached hydrogen (secondary N) is 3.